The van der Waals surface area contributed by atoms with E-state index in [2.05, 4.69) is 5.32 Å². The predicted octanol–water partition coefficient (Wildman–Crippen LogP) is 2.31. The molecular weight excluding hydrogens is 340 g/mol. The number of esters is 1. The largest absolute Gasteiger partial charge is 0.461 e. The number of carbonyl (C=O) groups is 3. The van der Waals surface area contributed by atoms with E-state index in [1.165, 1.54) is 11.3 Å². The molecule has 1 saturated carbocycles. The lowest BCUT2D eigenvalue weighted by Gasteiger charge is -2.32. The van der Waals surface area contributed by atoms with Crippen LogP contribution in [0, 0.1) is 5.92 Å². The third kappa shape index (κ3) is 4.90. The second-order valence-corrected chi connectivity index (χ2v) is 9.33. The van der Waals surface area contributed by atoms with Crippen LogP contribution in [-0.4, -0.2) is 52.0 Å². The SMILES string of the molecule is CC(C)[C@@H](NC(=O)[C@H]1CSC(C)(C)N1C=O)C(=O)OC1CCCCC1. The molecule has 0 unspecified atom stereocenters. The van der Waals surface area contributed by atoms with Gasteiger partial charge in [-0.3, -0.25) is 9.59 Å². The van der Waals surface area contributed by atoms with Crippen molar-refractivity contribution in [3.8, 4) is 0 Å². The Bertz CT molecular complexity index is 503. The molecule has 2 aliphatic rings. The van der Waals surface area contributed by atoms with Crippen LogP contribution in [0.1, 0.15) is 59.8 Å². The Morgan fingerprint density at radius 1 is 1.24 bits per heavy atom. The zero-order chi connectivity index (χ0) is 18.6. The summed E-state index contributed by atoms with van der Waals surface area (Å²) in [5.41, 5.74) is 0. The summed E-state index contributed by atoms with van der Waals surface area (Å²) in [6.07, 6.45) is 5.84. The van der Waals surface area contributed by atoms with E-state index in [1.54, 1.807) is 11.8 Å². The number of ether oxygens (including phenoxy) is 1. The number of nitrogens with one attached hydrogen (secondary N) is 1. The second-order valence-electron chi connectivity index (χ2n) is 7.71. The smallest absolute Gasteiger partial charge is 0.329 e. The number of hydrogen-bond acceptors (Lipinski definition) is 5. The molecule has 1 N–H and O–H groups in total. The first-order chi connectivity index (χ1) is 11.8. The number of nitrogens with zero attached hydrogens (tertiary/aromatic N) is 1. The van der Waals surface area contributed by atoms with Gasteiger partial charge in [-0.05, 0) is 45.4 Å². The van der Waals surface area contributed by atoms with Crippen LogP contribution in [0.15, 0.2) is 0 Å². The summed E-state index contributed by atoms with van der Waals surface area (Å²) in [6, 6.07) is -1.24. The third-order valence-corrected chi connectivity index (χ3v) is 6.42. The number of hydrogen-bond donors (Lipinski definition) is 1. The number of carbonyl (C=O) groups excluding carboxylic acids is 3. The molecule has 1 heterocycles. The van der Waals surface area contributed by atoms with Crippen molar-refractivity contribution < 1.29 is 19.1 Å². The Morgan fingerprint density at radius 2 is 1.88 bits per heavy atom. The van der Waals surface area contributed by atoms with Gasteiger partial charge in [0, 0.05) is 5.75 Å². The van der Waals surface area contributed by atoms with E-state index in [1.807, 2.05) is 27.7 Å². The van der Waals surface area contributed by atoms with Crippen molar-refractivity contribution in [2.75, 3.05) is 5.75 Å². The highest BCUT2D eigenvalue weighted by molar-refractivity contribution is 8.00. The Kier molecular flexibility index (Phi) is 6.77. The van der Waals surface area contributed by atoms with Crippen LogP contribution in [-0.2, 0) is 19.1 Å². The zero-order valence-electron chi connectivity index (χ0n) is 15.6. The molecule has 1 saturated heterocycles. The number of amides is 2. The molecule has 0 bridgehead atoms. The number of thioether (sulfide) groups is 1. The van der Waals surface area contributed by atoms with Crippen molar-refractivity contribution in [2.24, 2.45) is 5.92 Å². The van der Waals surface area contributed by atoms with Crippen LogP contribution in [0.25, 0.3) is 0 Å². The first-order valence-electron chi connectivity index (χ1n) is 9.15. The molecule has 2 rings (SSSR count). The summed E-state index contributed by atoms with van der Waals surface area (Å²) >= 11 is 1.56. The average molecular weight is 371 g/mol. The zero-order valence-corrected chi connectivity index (χ0v) is 16.4. The average Bonchev–Trinajstić information content (AvgIpc) is 2.87. The fourth-order valence-corrected chi connectivity index (χ4v) is 4.58. The summed E-state index contributed by atoms with van der Waals surface area (Å²) in [5.74, 6) is -0.200. The van der Waals surface area contributed by atoms with Crippen LogP contribution in [0.3, 0.4) is 0 Å². The summed E-state index contributed by atoms with van der Waals surface area (Å²) in [4.78, 5) is 37.7. The summed E-state index contributed by atoms with van der Waals surface area (Å²) in [7, 11) is 0. The van der Waals surface area contributed by atoms with Crippen molar-refractivity contribution in [3.63, 3.8) is 0 Å². The molecule has 0 aromatic heterocycles. The van der Waals surface area contributed by atoms with Crippen LogP contribution >= 0.6 is 11.8 Å². The van der Waals surface area contributed by atoms with Gasteiger partial charge in [0.25, 0.3) is 0 Å². The van der Waals surface area contributed by atoms with E-state index in [4.69, 9.17) is 4.74 Å². The summed E-state index contributed by atoms with van der Waals surface area (Å²) in [5, 5.41) is 2.82. The Balaban J connectivity index is 1.99. The van der Waals surface area contributed by atoms with Crippen molar-refractivity contribution in [3.05, 3.63) is 0 Å². The van der Waals surface area contributed by atoms with Crippen molar-refractivity contribution in [2.45, 2.75) is 82.9 Å². The Hall–Kier alpha value is -1.24. The maximum Gasteiger partial charge on any atom is 0.329 e. The van der Waals surface area contributed by atoms with E-state index < -0.39 is 17.0 Å². The molecule has 142 valence electrons. The maximum atomic E-state index is 12.7. The van der Waals surface area contributed by atoms with E-state index in [0.717, 1.165) is 32.1 Å². The predicted molar refractivity (Wildman–Crippen MR) is 98.0 cm³/mol. The van der Waals surface area contributed by atoms with Crippen LogP contribution in [0.2, 0.25) is 0 Å². The normalized spacial score (nSPS) is 24.8. The molecule has 2 atom stereocenters. The first kappa shape index (κ1) is 20.1. The van der Waals surface area contributed by atoms with Gasteiger partial charge in [-0.1, -0.05) is 20.3 Å². The van der Waals surface area contributed by atoms with Gasteiger partial charge in [0.05, 0.1) is 4.87 Å². The molecule has 25 heavy (non-hydrogen) atoms. The molecule has 0 radical (unpaired) electrons. The van der Waals surface area contributed by atoms with Crippen molar-refractivity contribution in [1.82, 2.24) is 10.2 Å². The molecule has 6 nitrogen and oxygen atoms in total. The Labute approximate surface area is 154 Å². The highest BCUT2D eigenvalue weighted by atomic mass is 32.2. The van der Waals surface area contributed by atoms with Crippen LogP contribution in [0.4, 0.5) is 0 Å². The first-order valence-corrected chi connectivity index (χ1v) is 10.1. The fraction of sp³-hybridized carbons (Fsp3) is 0.833. The van der Waals surface area contributed by atoms with Crippen molar-refractivity contribution in [1.29, 1.82) is 0 Å². The van der Waals surface area contributed by atoms with Gasteiger partial charge < -0.3 is 15.0 Å². The molecule has 7 heteroatoms. The topological polar surface area (TPSA) is 75.7 Å². The van der Waals surface area contributed by atoms with E-state index >= 15 is 0 Å². The minimum absolute atomic E-state index is 0.0353. The molecule has 2 fully saturated rings. The van der Waals surface area contributed by atoms with Gasteiger partial charge in [-0.2, -0.15) is 0 Å². The van der Waals surface area contributed by atoms with Gasteiger partial charge in [0.2, 0.25) is 12.3 Å². The second kappa shape index (κ2) is 8.43. The fourth-order valence-electron chi connectivity index (χ4n) is 3.38. The lowest BCUT2D eigenvalue weighted by atomic mass is 9.97. The maximum absolute atomic E-state index is 12.7. The molecular formula is C18H30N2O4S. The van der Waals surface area contributed by atoms with Crippen molar-refractivity contribution >= 4 is 30.0 Å². The standard InChI is InChI=1S/C18H30N2O4S/c1-12(2)15(17(23)24-13-8-6-5-7-9-13)19-16(22)14-10-25-18(3,4)20(14)11-21/h11-15H,5-10H2,1-4H3,(H,19,22)/t14-,15-/m1/s1. The van der Waals surface area contributed by atoms with E-state index in [-0.39, 0.29) is 23.9 Å². The highest BCUT2D eigenvalue weighted by Crippen LogP contribution is 2.37. The lowest BCUT2D eigenvalue weighted by Crippen LogP contribution is -2.54. The lowest BCUT2D eigenvalue weighted by molar-refractivity contribution is -0.156. The molecule has 0 spiro atoms. The molecule has 0 aromatic rings. The minimum Gasteiger partial charge on any atom is -0.461 e. The van der Waals surface area contributed by atoms with E-state index in [9.17, 15) is 14.4 Å². The summed E-state index contributed by atoms with van der Waals surface area (Å²) < 4.78 is 5.63. The van der Waals surface area contributed by atoms with Gasteiger partial charge in [-0.25, -0.2) is 4.79 Å². The number of rotatable bonds is 6. The van der Waals surface area contributed by atoms with E-state index in [0.29, 0.717) is 5.75 Å². The minimum atomic E-state index is -0.684. The van der Waals surface area contributed by atoms with Gasteiger partial charge >= 0.3 is 5.97 Å². The molecule has 0 aromatic carbocycles. The third-order valence-electron chi connectivity index (χ3n) is 5.02. The van der Waals surface area contributed by atoms with Gasteiger partial charge in [0.15, 0.2) is 0 Å². The van der Waals surface area contributed by atoms with Crippen LogP contribution < -0.4 is 5.32 Å². The summed E-state index contributed by atoms with van der Waals surface area (Å²) in [6.45, 7) is 7.60. The molecule has 2 amide bonds. The molecule has 1 aliphatic carbocycles. The quantitative estimate of drug-likeness (QED) is 0.574. The highest BCUT2D eigenvalue weighted by Gasteiger charge is 2.44. The van der Waals surface area contributed by atoms with Gasteiger partial charge in [0.1, 0.15) is 18.2 Å². The molecule has 1 aliphatic heterocycles. The van der Waals surface area contributed by atoms with Crippen LogP contribution in [0.5, 0.6) is 0 Å². The Morgan fingerprint density at radius 3 is 2.44 bits per heavy atom. The van der Waals surface area contributed by atoms with Gasteiger partial charge in [-0.15, -0.1) is 11.8 Å². The monoisotopic (exact) mass is 370 g/mol.